The Morgan fingerprint density at radius 1 is 1.50 bits per heavy atom. The molecule has 14 heavy (non-hydrogen) atoms. The van der Waals surface area contributed by atoms with Crippen LogP contribution in [0.3, 0.4) is 0 Å². The summed E-state index contributed by atoms with van der Waals surface area (Å²) in [5, 5.41) is 3.19. The number of hydrogen-bond donors (Lipinski definition) is 3. The molecule has 0 spiro atoms. The molecule has 0 aromatic rings. The number of rotatable bonds is 5. The zero-order valence-corrected chi connectivity index (χ0v) is 9.52. The van der Waals surface area contributed by atoms with E-state index >= 15 is 0 Å². The van der Waals surface area contributed by atoms with Crippen molar-refractivity contribution in [2.24, 2.45) is 5.92 Å². The van der Waals surface area contributed by atoms with E-state index in [1.54, 1.807) is 13.8 Å². The van der Waals surface area contributed by atoms with Gasteiger partial charge in [0, 0.05) is 12.6 Å². The number of nitrogens with one attached hydrogen (secondary N) is 3. The molecule has 5 nitrogen and oxygen atoms in total. The lowest BCUT2D eigenvalue weighted by molar-refractivity contribution is 0.523. The first-order valence-electron chi connectivity index (χ1n) is 4.97. The van der Waals surface area contributed by atoms with E-state index in [0.29, 0.717) is 12.5 Å². The molecule has 6 heteroatoms. The summed E-state index contributed by atoms with van der Waals surface area (Å²) in [7, 11) is -3.30. The van der Waals surface area contributed by atoms with E-state index in [2.05, 4.69) is 14.8 Å². The van der Waals surface area contributed by atoms with Crippen LogP contribution in [0, 0.1) is 5.92 Å². The molecule has 1 atom stereocenters. The second kappa shape index (κ2) is 5.06. The maximum atomic E-state index is 11.4. The predicted molar refractivity (Wildman–Crippen MR) is 56.2 cm³/mol. The maximum absolute atomic E-state index is 11.4. The Balaban J connectivity index is 2.28. The first kappa shape index (κ1) is 11.9. The van der Waals surface area contributed by atoms with Gasteiger partial charge in [-0.15, -0.1) is 0 Å². The minimum absolute atomic E-state index is 0.0609. The van der Waals surface area contributed by atoms with E-state index in [4.69, 9.17) is 0 Å². The molecule has 0 saturated carbocycles. The van der Waals surface area contributed by atoms with Gasteiger partial charge >= 0.3 is 0 Å². The van der Waals surface area contributed by atoms with Crippen LogP contribution in [0.5, 0.6) is 0 Å². The zero-order valence-electron chi connectivity index (χ0n) is 8.71. The van der Waals surface area contributed by atoms with Crippen LogP contribution in [-0.2, 0) is 10.2 Å². The van der Waals surface area contributed by atoms with Crippen molar-refractivity contribution in [3.8, 4) is 0 Å². The van der Waals surface area contributed by atoms with E-state index in [1.807, 2.05) is 0 Å². The highest BCUT2D eigenvalue weighted by atomic mass is 32.2. The van der Waals surface area contributed by atoms with Gasteiger partial charge in [0.2, 0.25) is 0 Å². The Labute approximate surface area is 85.8 Å². The highest BCUT2D eigenvalue weighted by Gasteiger charge is 2.17. The average molecular weight is 221 g/mol. The summed E-state index contributed by atoms with van der Waals surface area (Å²) >= 11 is 0. The van der Waals surface area contributed by atoms with Gasteiger partial charge in [-0.2, -0.15) is 13.1 Å². The fourth-order valence-electron chi connectivity index (χ4n) is 1.47. The summed E-state index contributed by atoms with van der Waals surface area (Å²) in [5.74, 6) is 0.429. The van der Waals surface area contributed by atoms with Crippen molar-refractivity contribution < 1.29 is 8.42 Å². The molecule has 0 aromatic heterocycles. The van der Waals surface area contributed by atoms with Gasteiger partial charge in [-0.05, 0) is 39.3 Å². The highest BCUT2D eigenvalue weighted by molar-refractivity contribution is 7.87. The molecule has 1 heterocycles. The Morgan fingerprint density at radius 2 is 2.21 bits per heavy atom. The summed E-state index contributed by atoms with van der Waals surface area (Å²) in [6, 6.07) is -0.0609. The Bertz CT molecular complexity index is 258. The SMILES string of the molecule is CC(C)NS(=O)(=O)NCC1CCNC1. The molecule has 0 radical (unpaired) electrons. The van der Waals surface area contributed by atoms with Crippen molar-refractivity contribution in [3.05, 3.63) is 0 Å². The first-order chi connectivity index (χ1) is 6.49. The van der Waals surface area contributed by atoms with Gasteiger partial charge in [-0.25, -0.2) is 4.72 Å². The van der Waals surface area contributed by atoms with Crippen LogP contribution < -0.4 is 14.8 Å². The lowest BCUT2D eigenvalue weighted by Crippen LogP contribution is -2.42. The maximum Gasteiger partial charge on any atom is 0.277 e. The predicted octanol–water partition coefficient (Wildman–Crippen LogP) is -0.572. The van der Waals surface area contributed by atoms with E-state index in [-0.39, 0.29) is 6.04 Å². The van der Waals surface area contributed by atoms with Crippen LogP contribution in [0.25, 0.3) is 0 Å². The fourth-order valence-corrected chi connectivity index (χ4v) is 2.63. The van der Waals surface area contributed by atoms with Crippen molar-refractivity contribution in [1.29, 1.82) is 0 Å². The second-order valence-corrected chi connectivity index (χ2v) is 5.51. The highest BCUT2D eigenvalue weighted by Crippen LogP contribution is 2.05. The van der Waals surface area contributed by atoms with Crippen molar-refractivity contribution in [2.45, 2.75) is 26.3 Å². The minimum Gasteiger partial charge on any atom is -0.316 e. The topological polar surface area (TPSA) is 70.2 Å². The summed E-state index contributed by atoms with van der Waals surface area (Å²) < 4.78 is 27.7. The minimum atomic E-state index is -3.30. The Kier molecular flexibility index (Phi) is 4.31. The second-order valence-electron chi connectivity index (χ2n) is 3.98. The molecule has 1 aliphatic rings. The van der Waals surface area contributed by atoms with Gasteiger partial charge in [0.15, 0.2) is 0 Å². The van der Waals surface area contributed by atoms with Gasteiger partial charge in [0.25, 0.3) is 10.2 Å². The summed E-state index contributed by atoms with van der Waals surface area (Å²) in [6.07, 6.45) is 1.05. The summed E-state index contributed by atoms with van der Waals surface area (Å²) in [4.78, 5) is 0. The molecular formula is C8H19N3O2S. The van der Waals surface area contributed by atoms with Gasteiger partial charge in [0.05, 0.1) is 0 Å². The van der Waals surface area contributed by atoms with Crippen molar-refractivity contribution in [3.63, 3.8) is 0 Å². The summed E-state index contributed by atoms with van der Waals surface area (Å²) in [6.45, 7) is 6.02. The molecular weight excluding hydrogens is 202 g/mol. The molecule has 1 unspecified atom stereocenters. The monoisotopic (exact) mass is 221 g/mol. The Morgan fingerprint density at radius 3 is 2.71 bits per heavy atom. The average Bonchev–Trinajstić information content (AvgIpc) is 2.50. The molecule has 84 valence electrons. The third-order valence-electron chi connectivity index (χ3n) is 2.12. The standard InChI is InChI=1S/C8H19N3O2S/c1-7(2)11-14(12,13)10-6-8-3-4-9-5-8/h7-11H,3-6H2,1-2H3. The molecule has 0 aromatic carbocycles. The number of hydrogen-bond acceptors (Lipinski definition) is 3. The quantitative estimate of drug-likeness (QED) is 0.582. The van der Waals surface area contributed by atoms with Crippen LogP contribution in [0.2, 0.25) is 0 Å². The molecule has 1 fully saturated rings. The van der Waals surface area contributed by atoms with E-state index in [0.717, 1.165) is 19.5 Å². The summed E-state index contributed by atoms with van der Waals surface area (Å²) in [5.41, 5.74) is 0. The molecule has 0 bridgehead atoms. The van der Waals surface area contributed by atoms with Crippen LogP contribution in [0.1, 0.15) is 20.3 Å². The van der Waals surface area contributed by atoms with Crippen LogP contribution in [0.15, 0.2) is 0 Å². The van der Waals surface area contributed by atoms with E-state index < -0.39 is 10.2 Å². The van der Waals surface area contributed by atoms with E-state index in [9.17, 15) is 8.42 Å². The molecule has 1 rings (SSSR count). The third-order valence-corrected chi connectivity index (χ3v) is 3.44. The normalized spacial score (nSPS) is 23.2. The van der Waals surface area contributed by atoms with Gasteiger partial charge in [0.1, 0.15) is 0 Å². The lowest BCUT2D eigenvalue weighted by atomic mass is 10.1. The Hall–Kier alpha value is -0.170. The molecule has 1 aliphatic heterocycles. The van der Waals surface area contributed by atoms with Gasteiger partial charge in [-0.1, -0.05) is 0 Å². The van der Waals surface area contributed by atoms with Crippen molar-refractivity contribution >= 4 is 10.2 Å². The molecule has 1 saturated heterocycles. The molecule has 0 amide bonds. The first-order valence-corrected chi connectivity index (χ1v) is 6.45. The van der Waals surface area contributed by atoms with Crippen LogP contribution in [-0.4, -0.2) is 34.1 Å². The van der Waals surface area contributed by atoms with Crippen molar-refractivity contribution in [1.82, 2.24) is 14.8 Å². The molecule has 3 N–H and O–H groups in total. The molecule has 0 aliphatic carbocycles. The lowest BCUT2D eigenvalue weighted by Gasteiger charge is -2.13. The van der Waals surface area contributed by atoms with Gasteiger partial charge < -0.3 is 5.32 Å². The fraction of sp³-hybridized carbons (Fsp3) is 1.00. The third kappa shape index (κ3) is 4.36. The van der Waals surface area contributed by atoms with Crippen LogP contribution >= 0.6 is 0 Å². The zero-order chi connectivity index (χ0) is 10.6. The van der Waals surface area contributed by atoms with Gasteiger partial charge in [-0.3, -0.25) is 0 Å². The smallest absolute Gasteiger partial charge is 0.277 e. The van der Waals surface area contributed by atoms with E-state index in [1.165, 1.54) is 0 Å². The van der Waals surface area contributed by atoms with Crippen LogP contribution in [0.4, 0.5) is 0 Å². The van der Waals surface area contributed by atoms with Crippen molar-refractivity contribution in [2.75, 3.05) is 19.6 Å². The largest absolute Gasteiger partial charge is 0.316 e.